The number of nitrogens with one attached hydrogen (secondary N) is 3. The zero-order valence-electron chi connectivity index (χ0n) is 18.9. The maximum atomic E-state index is 13.5. The second kappa shape index (κ2) is 10.8. The normalized spacial score (nSPS) is 12.6. The highest BCUT2D eigenvalue weighted by Crippen LogP contribution is 2.38. The van der Waals surface area contributed by atoms with Crippen molar-refractivity contribution in [1.82, 2.24) is 4.90 Å². The second-order valence-electron chi connectivity index (χ2n) is 7.62. The van der Waals surface area contributed by atoms with E-state index in [2.05, 4.69) is 15.6 Å². The molecule has 3 heterocycles. The van der Waals surface area contributed by atoms with Crippen LogP contribution in [0.2, 0.25) is 5.02 Å². The zero-order valence-corrected chi connectivity index (χ0v) is 20.5. The van der Waals surface area contributed by atoms with Crippen molar-refractivity contribution in [3.8, 4) is 5.75 Å². The number of carbonyl (C=O) groups excluding carboxylic acids is 2. The molecule has 0 unspecified atom stereocenters. The Kier molecular flexibility index (Phi) is 7.54. The van der Waals surface area contributed by atoms with Gasteiger partial charge in [0.05, 0.1) is 31.5 Å². The Balaban J connectivity index is 1.65. The van der Waals surface area contributed by atoms with E-state index in [0.29, 0.717) is 54.7 Å². The number of ether oxygens (including phenoxy) is 2. The lowest BCUT2D eigenvalue weighted by Crippen LogP contribution is -2.36. The van der Waals surface area contributed by atoms with Crippen LogP contribution in [0.1, 0.15) is 33.4 Å². The molecule has 3 N–H and O–H groups in total. The van der Waals surface area contributed by atoms with Gasteiger partial charge in [-0.05, 0) is 37.1 Å². The van der Waals surface area contributed by atoms with Crippen LogP contribution in [0, 0.1) is 0 Å². The monoisotopic (exact) mass is 501 g/mol. The molecule has 4 rings (SSSR count). The molecule has 0 aliphatic carbocycles. The van der Waals surface area contributed by atoms with E-state index in [1.165, 1.54) is 11.3 Å². The summed E-state index contributed by atoms with van der Waals surface area (Å²) in [5.74, 6) is 0.255. The highest BCUT2D eigenvalue weighted by Gasteiger charge is 2.30. The number of thiophene rings is 1. The van der Waals surface area contributed by atoms with Crippen molar-refractivity contribution >= 4 is 45.6 Å². The van der Waals surface area contributed by atoms with Crippen molar-refractivity contribution in [2.75, 3.05) is 30.9 Å². The fourth-order valence-corrected chi connectivity index (χ4v) is 5.25. The molecule has 0 atom stereocenters. The van der Waals surface area contributed by atoms with Crippen molar-refractivity contribution in [1.29, 1.82) is 0 Å². The van der Waals surface area contributed by atoms with Gasteiger partial charge < -0.3 is 25.0 Å². The van der Waals surface area contributed by atoms with E-state index in [0.717, 1.165) is 21.1 Å². The summed E-state index contributed by atoms with van der Waals surface area (Å²) in [6, 6.07) is 10.9. The third kappa shape index (κ3) is 5.26. The number of H-pyrrole nitrogens is 1. The van der Waals surface area contributed by atoms with Crippen LogP contribution in [0.5, 0.6) is 5.75 Å². The largest absolute Gasteiger partial charge is 0.495 e. The molecule has 2 amide bonds. The van der Waals surface area contributed by atoms with Gasteiger partial charge >= 0.3 is 6.09 Å². The predicted molar refractivity (Wildman–Crippen MR) is 132 cm³/mol. The van der Waals surface area contributed by atoms with Gasteiger partial charge in [0.1, 0.15) is 17.3 Å². The lowest BCUT2D eigenvalue weighted by Gasteiger charge is -2.26. The lowest BCUT2D eigenvalue weighted by molar-refractivity contribution is -0.389. The Labute approximate surface area is 206 Å². The van der Waals surface area contributed by atoms with E-state index in [1.54, 1.807) is 37.1 Å². The number of aromatic nitrogens is 1. The minimum Gasteiger partial charge on any atom is -0.495 e. The average Bonchev–Trinajstić information content (AvgIpc) is 3.21. The summed E-state index contributed by atoms with van der Waals surface area (Å²) < 4.78 is 10.5. The Hall–Kier alpha value is -3.30. The first-order valence-corrected chi connectivity index (χ1v) is 12.1. The molecule has 1 aliphatic rings. The van der Waals surface area contributed by atoms with Gasteiger partial charge in [-0.25, -0.2) is 9.78 Å². The SMILES string of the molecule is CCOC(=O)N1CCc2c(sc(NCc3cccc[nH+]3)c2C(=O)Nc2cc(Cl)ccc2OC)C1. The third-order valence-corrected chi connectivity index (χ3v) is 6.84. The molecular formula is C24H26ClN4O4S+. The minimum absolute atomic E-state index is 0.262. The molecule has 0 fully saturated rings. The zero-order chi connectivity index (χ0) is 24.1. The Bertz CT molecular complexity index is 1190. The molecule has 8 nitrogen and oxygen atoms in total. The molecule has 0 spiro atoms. The van der Waals surface area contributed by atoms with Gasteiger partial charge in [-0.1, -0.05) is 17.7 Å². The summed E-state index contributed by atoms with van der Waals surface area (Å²) in [6.45, 7) is 3.51. The van der Waals surface area contributed by atoms with Gasteiger partial charge in [-0.2, -0.15) is 0 Å². The quantitative estimate of drug-likeness (QED) is 0.493. The molecule has 0 bridgehead atoms. The molecule has 1 aromatic carbocycles. The molecule has 10 heteroatoms. The average molecular weight is 502 g/mol. The predicted octanol–water partition coefficient (Wildman–Crippen LogP) is 4.60. The van der Waals surface area contributed by atoms with Crippen LogP contribution in [0.25, 0.3) is 0 Å². The van der Waals surface area contributed by atoms with Crippen LogP contribution < -0.4 is 20.4 Å². The number of amides is 2. The number of methoxy groups -OCH3 is 1. The molecule has 0 saturated carbocycles. The van der Waals surface area contributed by atoms with E-state index < -0.39 is 0 Å². The summed E-state index contributed by atoms with van der Waals surface area (Å²) in [7, 11) is 1.54. The minimum atomic E-state index is -0.343. The highest BCUT2D eigenvalue weighted by atomic mass is 35.5. The standard InChI is InChI=1S/C24H25ClN4O4S/c1-3-33-24(31)29-11-9-17-20(14-29)34-23(27-13-16-6-4-5-10-26-16)21(17)22(30)28-18-12-15(25)7-8-19(18)32-2/h4-8,10,12,27H,3,9,11,13-14H2,1-2H3,(H,28,30)/p+1. The highest BCUT2D eigenvalue weighted by molar-refractivity contribution is 7.16. The number of fused-ring (bicyclic) bond motifs is 1. The fraction of sp³-hybridized carbons (Fsp3) is 0.292. The number of hydrogen-bond acceptors (Lipinski definition) is 6. The number of halogens is 1. The van der Waals surface area contributed by atoms with Crippen molar-refractivity contribution < 1.29 is 24.0 Å². The number of nitrogens with zero attached hydrogens (tertiary/aromatic N) is 1. The second-order valence-corrected chi connectivity index (χ2v) is 9.16. The van der Waals surface area contributed by atoms with Gasteiger partial charge in [0, 0.05) is 28.6 Å². The Morgan fingerprint density at radius 2 is 2.12 bits per heavy atom. The van der Waals surface area contributed by atoms with E-state index in [1.807, 2.05) is 24.4 Å². The summed E-state index contributed by atoms with van der Waals surface area (Å²) in [5, 5.41) is 7.58. The molecule has 3 aromatic rings. The molecular weight excluding hydrogens is 476 g/mol. The number of hydrogen-bond donors (Lipinski definition) is 2. The molecule has 2 aromatic heterocycles. The van der Waals surface area contributed by atoms with Gasteiger partial charge in [-0.15, -0.1) is 11.3 Å². The fourth-order valence-electron chi connectivity index (χ4n) is 3.82. The van der Waals surface area contributed by atoms with Crippen LogP contribution >= 0.6 is 22.9 Å². The molecule has 0 saturated heterocycles. The smallest absolute Gasteiger partial charge is 0.410 e. The molecule has 34 heavy (non-hydrogen) atoms. The first-order chi connectivity index (χ1) is 16.5. The lowest BCUT2D eigenvalue weighted by atomic mass is 10.0. The Morgan fingerprint density at radius 1 is 1.26 bits per heavy atom. The number of aromatic amines is 1. The number of anilines is 2. The number of carbonyl (C=O) groups is 2. The van der Waals surface area contributed by atoms with Crippen LogP contribution in [0.15, 0.2) is 42.6 Å². The van der Waals surface area contributed by atoms with Gasteiger partial charge in [-0.3, -0.25) is 4.79 Å². The van der Waals surface area contributed by atoms with Gasteiger partial charge in [0.2, 0.25) is 0 Å². The van der Waals surface area contributed by atoms with E-state index in [-0.39, 0.29) is 12.0 Å². The topological polar surface area (TPSA) is 94.0 Å². The number of pyridine rings is 1. The van der Waals surface area contributed by atoms with E-state index in [4.69, 9.17) is 21.1 Å². The molecule has 0 radical (unpaired) electrons. The molecule has 1 aliphatic heterocycles. The number of rotatable bonds is 7. The maximum Gasteiger partial charge on any atom is 0.410 e. The van der Waals surface area contributed by atoms with Crippen LogP contribution in [-0.2, 0) is 24.2 Å². The summed E-state index contributed by atoms with van der Waals surface area (Å²) in [5.41, 5.74) is 2.97. The Morgan fingerprint density at radius 3 is 2.85 bits per heavy atom. The van der Waals surface area contributed by atoms with Crippen molar-refractivity contribution in [3.63, 3.8) is 0 Å². The summed E-state index contributed by atoms with van der Waals surface area (Å²) in [6.07, 6.45) is 2.07. The van der Waals surface area contributed by atoms with Gasteiger partial charge in [0.15, 0.2) is 11.9 Å². The molecule has 178 valence electrons. The van der Waals surface area contributed by atoms with Crippen molar-refractivity contribution in [3.05, 3.63) is 69.3 Å². The van der Waals surface area contributed by atoms with Crippen molar-refractivity contribution in [2.24, 2.45) is 0 Å². The summed E-state index contributed by atoms with van der Waals surface area (Å²) in [4.78, 5) is 31.6. The van der Waals surface area contributed by atoms with E-state index >= 15 is 0 Å². The first kappa shape index (κ1) is 23.8. The van der Waals surface area contributed by atoms with Crippen LogP contribution in [0.3, 0.4) is 0 Å². The van der Waals surface area contributed by atoms with Crippen molar-refractivity contribution in [2.45, 2.75) is 26.4 Å². The van der Waals surface area contributed by atoms with E-state index in [9.17, 15) is 9.59 Å². The van der Waals surface area contributed by atoms with Gasteiger partial charge in [0.25, 0.3) is 5.91 Å². The summed E-state index contributed by atoms with van der Waals surface area (Å²) >= 11 is 7.63. The first-order valence-electron chi connectivity index (χ1n) is 10.9. The number of benzene rings is 1. The maximum absolute atomic E-state index is 13.5. The van der Waals surface area contributed by atoms with Crippen LogP contribution in [0.4, 0.5) is 15.5 Å². The van der Waals surface area contributed by atoms with Crippen LogP contribution in [-0.4, -0.2) is 37.2 Å². The third-order valence-electron chi connectivity index (χ3n) is 5.43.